The van der Waals surface area contributed by atoms with Crippen molar-refractivity contribution in [3.05, 3.63) is 59.2 Å². The summed E-state index contributed by atoms with van der Waals surface area (Å²) in [5.74, 6) is 1.19. The summed E-state index contributed by atoms with van der Waals surface area (Å²) in [6.07, 6.45) is 0. The van der Waals surface area contributed by atoms with Gasteiger partial charge in [-0.2, -0.15) is 0 Å². The third-order valence-electron chi connectivity index (χ3n) is 3.91. The summed E-state index contributed by atoms with van der Waals surface area (Å²) < 4.78 is 32.9. The van der Waals surface area contributed by atoms with Crippen molar-refractivity contribution in [1.82, 2.24) is 4.72 Å². The van der Waals surface area contributed by atoms with Crippen LogP contribution in [-0.4, -0.2) is 21.6 Å². The van der Waals surface area contributed by atoms with Crippen molar-refractivity contribution < 1.29 is 13.2 Å². The van der Waals surface area contributed by atoms with E-state index in [1.165, 1.54) is 0 Å². The van der Waals surface area contributed by atoms with Crippen LogP contribution in [0.4, 0.5) is 0 Å². The van der Waals surface area contributed by atoms with E-state index in [9.17, 15) is 8.42 Å². The van der Waals surface area contributed by atoms with Crippen molar-refractivity contribution in [1.29, 1.82) is 0 Å². The van der Waals surface area contributed by atoms with Crippen LogP contribution in [0.5, 0.6) is 5.75 Å². The quantitative estimate of drug-likeness (QED) is 0.776. The molecule has 2 aromatic rings. The number of para-hydroxylation sites is 1. The maximum atomic E-state index is 12.3. The molecule has 0 amide bonds. The minimum Gasteiger partial charge on any atom is -0.492 e. The SMILES string of the molecule is Cc1cccc(C)c1OCCNS(=O)(=O)c1ccc(C(C)C)cc1. The second-order valence-corrected chi connectivity index (χ2v) is 7.96. The minimum atomic E-state index is -3.51. The van der Waals surface area contributed by atoms with E-state index in [1.54, 1.807) is 12.1 Å². The standard InChI is InChI=1S/C19H25NO3S/c1-14(2)17-8-10-18(11-9-17)24(21,22)20-12-13-23-19-15(3)6-5-7-16(19)4/h5-11,14,20H,12-13H2,1-4H3. The van der Waals surface area contributed by atoms with Gasteiger partial charge in [0.05, 0.1) is 4.90 Å². The predicted molar refractivity (Wildman–Crippen MR) is 97.1 cm³/mol. The molecule has 5 heteroatoms. The smallest absolute Gasteiger partial charge is 0.240 e. The molecule has 4 nitrogen and oxygen atoms in total. The Balaban J connectivity index is 1.93. The van der Waals surface area contributed by atoms with Crippen LogP contribution in [0.3, 0.4) is 0 Å². The molecule has 0 aromatic heterocycles. The number of hydrogen-bond acceptors (Lipinski definition) is 3. The number of nitrogens with one attached hydrogen (secondary N) is 1. The molecule has 0 fully saturated rings. The molecule has 24 heavy (non-hydrogen) atoms. The van der Waals surface area contributed by atoms with Gasteiger partial charge in [-0.15, -0.1) is 0 Å². The Hall–Kier alpha value is -1.85. The Bertz CT molecular complexity index is 761. The van der Waals surface area contributed by atoms with Gasteiger partial charge in [-0.3, -0.25) is 0 Å². The Morgan fingerprint density at radius 3 is 2.12 bits per heavy atom. The molecule has 2 rings (SSSR count). The highest BCUT2D eigenvalue weighted by atomic mass is 32.2. The molecule has 0 aliphatic carbocycles. The largest absolute Gasteiger partial charge is 0.492 e. The number of hydrogen-bond donors (Lipinski definition) is 1. The molecule has 0 saturated carbocycles. The molecule has 0 aliphatic rings. The molecule has 130 valence electrons. The lowest BCUT2D eigenvalue weighted by molar-refractivity contribution is 0.318. The summed E-state index contributed by atoms with van der Waals surface area (Å²) in [6.45, 7) is 8.61. The molecule has 1 N–H and O–H groups in total. The third-order valence-corrected chi connectivity index (χ3v) is 5.38. The van der Waals surface area contributed by atoms with Crippen LogP contribution in [0.25, 0.3) is 0 Å². The Morgan fingerprint density at radius 2 is 1.58 bits per heavy atom. The lowest BCUT2D eigenvalue weighted by Gasteiger charge is -2.13. The van der Waals surface area contributed by atoms with Gasteiger partial charge in [0, 0.05) is 6.54 Å². The van der Waals surface area contributed by atoms with Crippen LogP contribution in [0.1, 0.15) is 36.5 Å². The normalized spacial score (nSPS) is 11.7. The fourth-order valence-corrected chi connectivity index (χ4v) is 3.48. The van der Waals surface area contributed by atoms with E-state index >= 15 is 0 Å². The maximum absolute atomic E-state index is 12.3. The van der Waals surface area contributed by atoms with E-state index in [-0.39, 0.29) is 18.0 Å². The van der Waals surface area contributed by atoms with Crippen molar-refractivity contribution in [3.8, 4) is 5.75 Å². The molecule has 2 aromatic carbocycles. The van der Waals surface area contributed by atoms with Gasteiger partial charge in [0.25, 0.3) is 0 Å². The van der Waals surface area contributed by atoms with E-state index in [0.29, 0.717) is 5.92 Å². The van der Waals surface area contributed by atoms with E-state index in [4.69, 9.17) is 4.74 Å². The molecule has 0 saturated heterocycles. The number of aryl methyl sites for hydroxylation is 2. The van der Waals surface area contributed by atoms with Crippen LogP contribution in [-0.2, 0) is 10.0 Å². The van der Waals surface area contributed by atoms with E-state index in [2.05, 4.69) is 18.6 Å². The van der Waals surface area contributed by atoms with Gasteiger partial charge in [0.2, 0.25) is 10.0 Å². The van der Waals surface area contributed by atoms with Crippen LogP contribution in [0.2, 0.25) is 0 Å². The van der Waals surface area contributed by atoms with Crippen molar-refractivity contribution in [2.75, 3.05) is 13.2 Å². The van der Waals surface area contributed by atoms with E-state index in [1.807, 2.05) is 44.2 Å². The number of rotatable bonds is 7. The van der Waals surface area contributed by atoms with Gasteiger partial charge in [-0.25, -0.2) is 13.1 Å². The lowest BCUT2D eigenvalue weighted by Crippen LogP contribution is -2.28. The summed E-state index contributed by atoms with van der Waals surface area (Å²) >= 11 is 0. The highest BCUT2D eigenvalue weighted by molar-refractivity contribution is 7.89. The van der Waals surface area contributed by atoms with E-state index in [0.717, 1.165) is 22.4 Å². The summed E-state index contributed by atoms with van der Waals surface area (Å²) in [4.78, 5) is 0.277. The number of ether oxygens (including phenoxy) is 1. The zero-order chi connectivity index (χ0) is 17.7. The molecule has 0 atom stereocenters. The second-order valence-electron chi connectivity index (χ2n) is 6.19. The van der Waals surface area contributed by atoms with Crippen LogP contribution >= 0.6 is 0 Å². The Kier molecular flexibility index (Phi) is 6.02. The summed E-state index contributed by atoms with van der Waals surface area (Å²) in [5, 5.41) is 0. The molecule has 0 spiro atoms. The zero-order valence-corrected chi connectivity index (χ0v) is 15.5. The predicted octanol–water partition coefficient (Wildman–Crippen LogP) is 3.78. The molecule has 0 bridgehead atoms. The third kappa shape index (κ3) is 4.58. The fourth-order valence-electron chi connectivity index (χ4n) is 2.47. The molecule has 0 aliphatic heterocycles. The lowest BCUT2D eigenvalue weighted by atomic mass is 10.0. The average molecular weight is 347 g/mol. The summed E-state index contributed by atoms with van der Waals surface area (Å²) in [6, 6.07) is 12.9. The highest BCUT2D eigenvalue weighted by Crippen LogP contribution is 2.22. The molecule has 0 radical (unpaired) electrons. The molecule has 0 heterocycles. The van der Waals surface area contributed by atoms with Crippen LogP contribution < -0.4 is 9.46 Å². The van der Waals surface area contributed by atoms with Gasteiger partial charge >= 0.3 is 0 Å². The zero-order valence-electron chi connectivity index (χ0n) is 14.7. The van der Waals surface area contributed by atoms with E-state index < -0.39 is 10.0 Å². The number of benzene rings is 2. The first kappa shape index (κ1) is 18.5. The van der Waals surface area contributed by atoms with Gasteiger partial charge in [-0.05, 0) is 48.6 Å². The van der Waals surface area contributed by atoms with Crippen LogP contribution in [0.15, 0.2) is 47.4 Å². The summed E-state index contributed by atoms with van der Waals surface area (Å²) in [5.41, 5.74) is 3.21. The molecular weight excluding hydrogens is 322 g/mol. The summed E-state index contributed by atoms with van der Waals surface area (Å²) in [7, 11) is -3.51. The first-order chi connectivity index (χ1) is 11.3. The minimum absolute atomic E-state index is 0.224. The maximum Gasteiger partial charge on any atom is 0.240 e. The Morgan fingerprint density at radius 1 is 1.00 bits per heavy atom. The average Bonchev–Trinajstić information content (AvgIpc) is 2.53. The van der Waals surface area contributed by atoms with Gasteiger partial charge < -0.3 is 4.74 Å². The number of sulfonamides is 1. The second kappa shape index (κ2) is 7.81. The van der Waals surface area contributed by atoms with Crippen molar-refractivity contribution >= 4 is 10.0 Å². The van der Waals surface area contributed by atoms with Crippen molar-refractivity contribution in [2.24, 2.45) is 0 Å². The van der Waals surface area contributed by atoms with Gasteiger partial charge in [0.1, 0.15) is 12.4 Å². The van der Waals surface area contributed by atoms with Crippen molar-refractivity contribution in [2.45, 2.75) is 38.5 Å². The monoisotopic (exact) mass is 347 g/mol. The Labute approximate surface area is 144 Å². The topological polar surface area (TPSA) is 55.4 Å². The molecule has 0 unspecified atom stereocenters. The highest BCUT2D eigenvalue weighted by Gasteiger charge is 2.14. The van der Waals surface area contributed by atoms with Crippen molar-refractivity contribution in [3.63, 3.8) is 0 Å². The van der Waals surface area contributed by atoms with Gasteiger partial charge in [-0.1, -0.05) is 44.2 Å². The first-order valence-corrected chi connectivity index (χ1v) is 9.58. The molecular formula is C19H25NO3S. The first-order valence-electron chi connectivity index (χ1n) is 8.10. The fraction of sp³-hybridized carbons (Fsp3) is 0.368. The van der Waals surface area contributed by atoms with Gasteiger partial charge in [0.15, 0.2) is 0 Å². The van der Waals surface area contributed by atoms with Crippen LogP contribution in [0, 0.1) is 13.8 Å².